The van der Waals surface area contributed by atoms with E-state index >= 15 is 0 Å². The molecule has 3 rings (SSSR count). The Morgan fingerprint density at radius 1 is 1.08 bits per heavy atom. The van der Waals surface area contributed by atoms with Gasteiger partial charge in [0.15, 0.2) is 6.73 Å². The maximum Gasteiger partial charge on any atom is 0.312 e. The summed E-state index contributed by atoms with van der Waals surface area (Å²) in [4.78, 5) is 10.7. The molecule has 3 aromatic rings. The topological polar surface area (TPSA) is 70.2 Å². The highest BCUT2D eigenvalue weighted by Crippen LogP contribution is 2.30. The first kappa shape index (κ1) is 15.7. The summed E-state index contributed by atoms with van der Waals surface area (Å²) < 4.78 is 7.39. The zero-order valence-electron chi connectivity index (χ0n) is 13.5. The molecule has 122 valence electrons. The molecule has 0 amide bonds. The summed E-state index contributed by atoms with van der Waals surface area (Å²) >= 11 is 0. The van der Waals surface area contributed by atoms with Crippen LogP contribution in [0.25, 0.3) is 11.1 Å². The lowest BCUT2D eigenvalue weighted by Crippen LogP contribution is -2.09. The molecule has 1 aromatic heterocycles. The van der Waals surface area contributed by atoms with Gasteiger partial charge in [0.2, 0.25) is 0 Å². The smallest absolute Gasteiger partial charge is 0.312 e. The van der Waals surface area contributed by atoms with Crippen LogP contribution in [-0.2, 0) is 6.73 Å². The average molecular weight is 323 g/mol. The monoisotopic (exact) mass is 323 g/mol. The van der Waals surface area contributed by atoms with Crippen LogP contribution in [0.3, 0.4) is 0 Å². The largest absolute Gasteiger partial charge is 0.471 e. The average Bonchev–Trinajstić information content (AvgIpc) is 2.88. The molecular formula is C18H17N3O3. The molecule has 0 saturated carbocycles. The van der Waals surface area contributed by atoms with Gasteiger partial charge in [0.05, 0.1) is 4.92 Å². The molecule has 2 aromatic carbocycles. The molecule has 0 saturated heterocycles. The van der Waals surface area contributed by atoms with Crippen LogP contribution in [-0.4, -0.2) is 14.7 Å². The number of para-hydroxylation sites is 1. The first-order valence-electron chi connectivity index (χ1n) is 7.53. The number of rotatable bonds is 5. The number of aryl methyl sites for hydroxylation is 1. The first-order chi connectivity index (χ1) is 11.6. The van der Waals surface area contributed by atoms with E-state index in [0.717, 1.165) is 11.1 Å². The Kier molecular flexibility index (Phi) is 4.29. The predicted molar refractivity (Wildman–Crippen MR) is 90.9 cm³/mol. The second-order valence-corrected chi connectivity index (χ2v) is 5.41. The van der Waals surface area contributed by atoms with Crippen LogP contribution in [0.1, 0.15) is 11.4 Å². The molecule has 1 heterocycles. The van der Waals surface area contributed by atoms with Crippen LogP contribution in [0, 0.1) is 24.0 Å². The number of aromatic nitrogens is 2. The highest BCUT2D eigenvalue weighted by atomic mass is 16.6. The van der Waals surface area contributed by atoms with Crippen molar-refractivity contribution < 1.29 is 9.66 Å². The highest BCUT2D eigenvalue weighted by molar-refractivity contribution is 5.70. The third kappa shape index (κ3) is 2.99. The van der Waals surface area contributed by atoms with Crippen LogP contribution in [0.4, 0.5) is 5.69 Å². The summed E-state index contributed by atoms with van der Waals surface area (Å²) in [5, 5.41) is 15.3. The zero-order chi connectivity index (χ0) is 17.1. The maximum atomic E-state index is 11.1. The van der Waals surface area contributed by atoms with Gasteiger partial charge >= 0.3 is 5.69 Å². The van der Waals surface area contributed by atoms with Crippen LogP contribution in [0.5, 0.6) is 5.75 Å². The van der Waals surface area contributed by atoms with Crippen LogP contribution >= 0.6 is 0 Å². The molecule has 0 bridgehead atoms. The molecule has 0 aliphatic rings. The van der Waals surface area contributed by atoms with Gasteiger partial charge in [0.25, 0.3) is 0 Å². The van der Waals surface area contributed by atoms with Crippen molar-refractivity contribution in [3.05, 3.63) is 76.1 Å². The minimum atomic E-state index is -0.411. The number of hydrogen-bond donors (Lipinski definition) is 0. The lowest BCUT2D eigenvalue weighted by molar-refractivity contribution is -0.386. The van der Waals surface area contributed by atoms with Gasteiger partial charge in [-0.2, -0.15) is 5.10 Å². The van der Waals surface area contributed by atoms with Crippen molar-refractivity contribution in [2.75, 3.05) is 0 Å². The second kappa shape index (κ2) is 6.54. The Labute approximate surface area is 139 Å². The van der Waals surface area contributed by atoms with Gasteiger partial charge in [-0.25, -0.2) is 4.68 Å². The Hall–Kier alpha value is -3.15. The van der Waals surface area contributed by atoms with Crippen molar-refractivity contribution in [3.8, 4) is 16.9 Å². The molecule has 6 nitrogen and oxygen atoms in total. The maximum absolute atomic E-state index is 11.1. The summed E-state index contributed by atoms with van der Waals surface area (Å²) in [5.41, 5.74) is 2.92. The summed E-state index contributed by atoms with van der Waals surface area (Å²) in [6.07, 6.45) is 0. The summed E-state index contributed by atoms with van der Waals surface area (Å²) in [5.74, 6) is 0.707. The van der Waals surface area contributed by atoms with E-state index in [2.05, 4.69) is 5.10 Å². The van der Waals surface area contributed by atoms with Crippen molar-refractivity contribution in [3.63, 3.8) is 0 Å². The van der Waals surface area contributed by atoms with Gasteiger partial charge in [-0.1, -0.05) is 48.5 Å². The fraction of sp³-hybridized carbons (Fsp3) is 0.167. The summed E-state index contributed by atoms with van der Waals surface area (Å²) in [7, 11) is 0. The van der Waals surface area contributed by atoms with Crippen molar-refractivity contribution in [1.82, 2.24) is 9.78 Å². The van der Waals surface area contributed by atoms with Gasteiger partial charge in [0.1, 0.15) is 17.1 Å². The fourth-order valence-corrected chi connectivity index (χ4v) is 2.66. The van der Waals surface area contributed by atoms with E-state index in [1.807, 2.05) is 54.6 Å². The van der Waals surface area contributed by atoms with Gasteiger partial charge in [-0.15, -0.1) is 0 Å². The van der Waals surface area contributed by atoms with E-state index in [-0.39, 0.29) is 12.4 Å². The molecule has 0 atom stereocenters. The van der Waals surface area contributed by atoms with E-state index in [4.69, 9.17) is 4.74 Å². The quantitative estimate of drug-likeness (QED) is 0.523. The lowest BCUT2D eigenvalue weighted by Gasteiger charge is -2.12. The molecular weight excluding hydrogens is 306 g/mol. The Balaban J connectivity index is 1.87. The van der Waals surface area contributed by atoms with E-state index < -0.39 is 4.92 Å². The van der Waals surface area contributed by atoms with Crippen LogP contribution < -0.4 is 4.74 Å². The molecule has 0 fully saturated rings. The molecule has 0 spiro atoms. The molecule has 0 aliphatic heterocycles. The van der Waals surface area contributed by atoms with Crippen molar-refractivity contribution in [2.45, 2.75) is 20.6 Å². The number of nitro groups is 1. The minimum Gasteiger partial charge on any atom is -0.471 e. The molecule has 0 radical (unpaired) electrons. The molecule has 6 heteroatoms. The molecule has 0 aliphatic carbocycles. The summed E-state index contributed by atoms with van der Waals surface area (Å²) in [6, 6.07) is 17.6. The molecule has 24 heavy (non-hydrogen) atoms. The Morgan fingerprint density at radius 3 is 2.42 bits per heavy atom. The third-order valence-corrected chi connectivity index (χ3v) is 3.84. The Bertz CT molecular complexity index is 872. The summed E-state index contributed by atoms with van der Waals surface area (Å²) in [6.45, 7) is 3.41. The van der Waals surface area contributed by atoms with Crippen molar-refractivity contribution in [1.29, 1.82) is 0 Å². The minimum absolute atomic E-state index is 0.0370. The van der Waals surface area contributed by atoms with E-state index in [9.17, 15) is 10.1 Å². The Morgan fingerprint density at radius 2 is 1.75 bits per heavy atom. The van der Waals surface area contributed by atoms with Crippen molar-refractivity contribution >= 4 is 5.69 Å². The standard InChI is InChI=1S/C18H17N3O3/c1-13-18(21(22)23)14(2)20(19-13)12-24-17-11-7-6-10-16(17)15-8-4-3-5-9-15/h3-11H,12H2,1-2H3. The van der Waals surface area contributed by atoms with Gasteiger partial charge < -0.3 is 4.74 Å². The number of ether oxygens (including phenoxy) is 1. The molecule has 0 N–H and O–H groups in total. The van der Waals surface area contributed by atoms with Gasteiger partial charge in [-0.3, -0.25) is 10.1 Å². The third-order valence-electron chi connectivity index (χ3n) is 3.84. The molecule has 0 unspecified atom stereocenters. The van der Waals surface area contributed by atoms with Gasteiger partial charge in [-0.05, 0) is 25.5 Å². The van der Waals surface area contributed by atoms with E-state index in [1.54, 1.807) is 13.8 Å². The predicted octanol–water partition coefficient (Wildman–Crippen LogP) is 4.11. The number of benzene rings is 2. The second-order valence-electron chi connectivity index (χ2n) is 5.41. The van der Waals surface area contributed by atoms with Crippen molar-refractivity contribution in [2.24, 2.45) is 0 Å². The van der Waals surface area contributed by atoms with Gasteiger partial charge in [0, 0.05) is 5.56 Å². The van der Waals surface area contributed by atoms with Crippen LogP contribution in [0.2, 0.25) is 0 Å². The zero-order valence-corrected chi connectivity index (χ0v) is 13.5. The number of nitrogens with zero attached hydrogens (tertiary/aromatic N) is 3. The normalized spacial score (nSPS) is 10.6. The van der Waals surface area contributed by atoms with E-state index in [0.29, 0.717) is 17.1 Å². The lowest BCUT2D eigenvalue weighted by atomic mass is 10.1. The highest BCUT2D eigenvalue weighted by Gasteiger charge is 2.21. The van der Waals surface area contributed by atoms with E-state index in [1.165, 1.54) is 4.68 Å². The SMILES string of the molecule is Cc1nn(COc2ccccc2-c2ccccc2)c(C)c1[N+](=O)[O-]. The fourth-order valence-electron chi connectivity index (χ4n) is 2.66. The first-order valence-corrected chi connectivity index (χ1v) is 7.53. The number of hydrogen-bond acceptors (Lipinski definition) is 4. The van der Waals surface area contributed by atoms with Crippen LogP contribution in [0.15, 0.2) is 54.6 Å².